The van der Waals surface area contributed by atoms with E-state index in [4.69, 9.17) is 23.2 Å². The Morgan fingerprint density at radius 2 is 1.84 bits per heavy atom. The predicted octanol–water partition coefficient (Wildman–Crippen LogP) is 2.36. The van der Waals surface area contributed by atoms with Gasteiger partial charge in [0, 0.05) is 5.56 Å². The molecule has 0 aliphatic heterocycles. The summed E-state index contributed by atoms with van der Waals surface area (Å²) >= 11 is 10.6. The molecule has 0 spiro atoms. The van der Waals surface area contributed by atoms with Crippen molar-refractivity contribution < 1.29 is 22.8 Å². The highest BCUT2D eigenvalue weighted by molar-refractivity contribution is 6.31. The molecular formula is C10H7Cl2F3N2O2. The van der Waals surface area contributed by atoms with Crippen molar-refractivity contribution >= 4 is 35.0 Å². The molecular weight excluding hydrogens is 308 g/mol. The number of nitrogens with one attached hydrogen (secondary N) is 2. The smallest absolute Gasteiger partial charge is 0.272 e. The molecule has 2 N–H and O–H groups in total. The van der Waals surface area contributed by atoms with Gasteiger partial charge in [-0.25, -0.2) is 0 Å². The minimum absolute atomic E-state index is 0.299. The monoisotopic (exact) mass is 314 g/mol. The average Bonchev–Trinajstić information content (AvgIpc) is 2.34. The highest BCUT2D eigenvalue weighted by Crippen LogP contribution is 2.35. The lowest BCUT2D eigenvalue weighted by Crippen LogP contribution is -2.42. The summed E-state index contributed by atoms with van der Waals surface area (Å²) in [4.78, 5) is 22.2. The summed E-state index contributed by atoms with van der Waals surface area (Å²) < 4.78 is 37.7. The summed E-state index contributed by atoms with van der Waals surface area (Å²) in [5.41, 5.74) is 2.40. The zero-order valence-electron chi connectivity index (χ0n) is 9.15. The zero-order valence-corrected chi connectivity index (χ0v) is 10.7. The summed E-state index contributed by atoms with van der Waals surface area (Å²) in [6.45, 7) is 0. The summed E-state index contributed by atoms with van der Waals surface area (Å²) in [5, 5.41) is -0.520. The Morgan fingerprint density at radius 3 is 2.37 bits per heavy atom. The van der Waals surface area contributed by atoms with Gasteiger partial charge in [0.15, 0.2) is 0 Å². The normalized spacial score (nSPS) is 11.0. The van der Waals surface area contributed by atoms with E-state index in [0.717, 1.165) is 12.1 Å². The fraction of sp³-hybridized carbons (Fsp3) is 0.200. The van der Waals surface area contributed by atoms with Crippen LogP contribution in [0.15, 0.2) is 18.2 Å². The van der Waals surface area contributed by atoms with Crippen LogP contribution in [0.2, 0.25) is 5.02 Å². The van der Waals surface area contributed by atoms with E-state index in [2.05, 4.69) is 0 Å². The van der Waals surface area contributed by atoms with E-state index >= 15 is 0 Å². The molecule has 1 aromatic rings. The molecule has 0 saturated carbocycles. The van der Waals surface area contributed by atoms with Gasteiger partial charge >= 0.3 is 6.18 Å². The van der Waals surface area contributed by atoms with Gasteiger partial charge in [0.05, 0.1) is 10.6 Å². The summed E-state index contributed by atoms with van der Waals surface area (Å²) in [5.74, 6) is -2.00. The van der Waals surface area contributed by atoms with Crippen LogP contribution in [-0.4, -0.2) is 17.7 Å². The van der Waals surface area contributed by atoms with Crippen molar-refractivity contribution in [3.63, 3.8) is 0 Å². The Bertz CT molecular complexity index is 506. The molecule has 1 aromatic carbocycles. The third kappa shape index (κ3) is 4.29. The van der Waals surface area contributed by atoms with Crippen LogP contribution in [0.4, 0.5) is 13.2 Å². The van der Waals surface area contributed by atoms with Gasteiger partial charge in [-0.2, -0.15) is 13.2 Å². The fourth-order valence-electron chi connectivity index (χ4n) is 1.12. The standard InChI is InChI=1S/C10H7Cl2F3N2O2/c11-4-8(18)16-17-9(19)5-1-2-7(12)6(3-5)10(13,14)15/h1-3H,4H2,(H,16,18)(H,17,19). The Hall–Kier alpha value is -1.47. The molecule has 0 aromatic heterocycles. The van der Waals surface area contributed by atoms with Crippen LogP contribution in [0.5, 0.6) is 0 Å². The second-order valence-electron chi connectivity index (χ2n) is 3.33. The van der Waals surface area contributed by atoms with Crippen LogP contribution >= 0.6 is 23.2 Å². The minimum atomic E-state index is -4.67. The number of alkyl halides is 4. The van der Waals surface area contributed by atoms with Gasteiger partial charge in [0.1, 0.15) is 5.88 Å². The summed E-state index contributed by atoms with van der Waals surface area (Å²) in [6, 6.07) is 2.63. The van der Waals surface area contributed by atoms with Crippen LogP contribution in [0.3, 0.4) is 0 Å². The first-order chi connectivity index (χ1) is 8.75. The average molecular weight is 315 g/mol. The number of benzene rings is 1. The molecule has 4 nitrogen and oxygen atoms in total. The van der Waals surface area contributed by atoms with Gasteiger partial charge in [-0.1, -0.05) is 11.6 Å². The second kappa shape index (κ2) is 6.12. The van der Waals surface area contributed by atoms with E-state index in [1.54, 1.807) is 0 Å². The van der Waals surface area contributed by atoms with Gasteiger partial charge in [0.2, 0.25) is 0 Å². The van der Waals surface area contributed by atoms with Crippen molar-refractivity contribution in [3.8, 4) is 0 Å². The third-order valence-electron chi connectivity index (χ3n) is 1.97. The van der Waals surface area contributed by atoms with Crippen LogP contribution in [0.25, 0.3) is 0 Å². The first kappa shape index (κ1) is 15.6. The molecule has 0 fully saturated rings. The van der Waals surface area contributed by atoms with Crippen molar-refractivity contribution in [1.82, 2.24) is 10.9 Å². The Morgan fingerprint density at radius 1 is 1.21 bits per heavy atom. The maximum absolute atomic E-state index is 12.6. The summed E-state index contributed by atoms with van der Waals surface area (Å²) in [6.07, 6.45) is -4.67. The molecule has 0 atom stereocenters. The molecule has 0 aliphatic carbocycles. The minimum Gasteiger partial charge on any atom is -0.272 e. The fourth-order valence-corrected chi connectivity index (χ4v) is 1.41. The number of hydrogen-bond acceptors (Lipinski definition) is 2. The van der Waals surface area contributed by atoms with Crippen molar-refractivity contribution in [1.29, 1.82) is 0 Å². The molecule has 0 heterocycles. The van der Waals surface area contributed by atoms with E-state index in [9.17, 15) is 22.8 Å². The molecule has 9 heteroatoms. The molecule has 1 rings (SSSR count). The van der Waals surface area contributed by atoms with Gasteiger partial charge in [-0.05, 0) is 18.2 Å². The molecule has 104 valence electrons. The van der Waals surface area contributed by atoms with E-state index < -0.39 is 34.5 Å². The lowest BCUT2D eigenvalue weighted by Gasteiger charge is -2.11. The van der Waals surface area contributed by atoms with Crippen LogP contribution in [0.1, 0.15) is 15.9 Å². The maximum atomic E-state index is 12.6. The first-order valence-corrected chi connectivity index (χ1v) is 5.69. The second-order valence-corrected chi connectivity index (χ2v) is 4.00. The predicted molar refractivity (Wildman–Crippen MR) is 62.8 cm³/mol. The van der Waals surface area contributed by atoms with Crippen molar-refractivity contribution in [3.05, 3.63) is 34.3 Å². The molecule has 0 unspecified atom stereocenters. The lowest BCUT2D eigenvalue weighted by molar-refractivity contribution is -0.137. The van der Waals surface area contributed by atoms with Gasteiger partial charge in [-0.15, -0.1) is 11.6 Å². The van der Waals surface area contributed by atoms with Crippen LogP contribution in [0, 0.1) is 0 Å². The summed E-state index contributed by atoms with van der Waals surface area (Å²) in [7, 11) is 0. The van der Waals surface area contributed by atoms with E-state index in [-0.39, 0.29) is 5.56 Å². The van der Waals surface area contributed by atoms with Gasteiger partial charge < -0.3 is 0 Å². The van der Waals surface area contributed by atoms with E-state index in [0.29, 0.717) is 6.07 Å². The van der Waals surface area contributed by atoms with Crippen molar-refractivity contribution in [2.45, 2.75) is 6.18 Å². The highest BCUT2D eigenvalue weighted by atomic mass is 35.5. The number of halogens is 5. The number of hydrazine groups is 1. The van der Waals surface area contributed by atoms with E-state index in [1.807, 2.05) is 10.9 Å². The molecule has 0 bridgehead atoms. The molecule has 0 radical (unpaired) electrons. The third-order valence-corrected chi connectivity index (χ3v) is 2.54. The largest absolute Gasteiger partial charge is 0.417 e. The molecule has 2 amide bonds. The number of hydrogen-bond donors (Lipinski definition) is 2. The molecule has 0 aliphatic rings. The highest BCUT2D eigenvalue weighted by Gasteiger charge is 2.33. The van der Waals surface area contributed by atoms with Gasteiger partial charge in [-0.3, -0.25) is 20.4 Å². The van der Waals surface area contributed by atoms with Crippen LogP contribution in [-0.2, 0) is 11.0 Å². The maximum Gasteiger partial charge on any atom is 0.417 e. The Labute approximate surface area is 115 Å². The number of rotatable bonds is 2. The van der Waals surface area contributed by atoms with Crippen LogP contribution < -0.4 is 10.9 Å². The SMILES string of the molecule is O=C(CCl)NNC(=O)c1ccc(Cl)c(C(F)(F)F)c1. The number of carbonyl (C=O) groups is 2. The van der Waals surface area contributed by atoms with Crippen molar-refractivity contribution in [2.75, 3.05) is 5.88 Å². The quantitative estimate of drug-likeness (QED) is 0.650. The van der Waals surface area contributed by atoms with Gasteiger partial charge in [0.25, 0.3) is 11.8 Å². The van der Waals surface area contributed by atoms with Crippen molar-refractivity contribution in [2.24, 2.45) is 0 Å². The first-order valence-electron chi connectivity index (χ1n) is 4.77. The Kier molecular flexibility index (Phi) is 5.02. The number of carbonyl (C=O) groups excluding carboxylic acids is 2. The zero-order chi connectivity index (χ0) is 14.6. The molecule has 19 heavy (non-hydrogen) atoms. The topological polar surface area (TPSA) is 58.2 Å². The van der Waals surface area contributed by atoms with E-state index in [1.165, 1.54) is 0 Å². The lowest BCUT2D eigenvalue weighted by atomic mass is 10.1. The number of amides is 2. The molecule has 0 saturated heterocycles. The Balaban J connectivity index is 2.90.